The third-order valence-corrected chi connectivity index (χ3v) is 5.34. The van der Waals surface area contributed by atoms with Crippen LogP contribution in [0.1, 0.15) is 48.5 Å². The maximum Gasteiger partial charge on any atom is 0.119 e. The van der Waals surface area contributed by atoms with Crippen LogP contribution in [0.15, 0.2) is 30.3 Å². The summed E-state index contributed by atoms with van der Waals surface area (Å²) in [5.41, 5.74) is 10.0. The van der Waals surface area contributed by atoms with Crippen molar-refractivity contribution >= 4 is 28.9 Å². The number of nitrogens with two attached hydrogens (primary N) is 1. The first kappa shape index (κ1) is 17.4. The molecular weight excluding hydrogens is 343 g/mol. The van der Waals surface area contributed by atoms with E-state index in [1.807, 2.05) is 18.2 Å². The maximum atomic E-state index is 6.17. The number of hydrogen-bond donors (Lipinski definition) is 2. The zero-order valence-electron chi connectivity index (χ0n) is 13.9. The van der Waals surface area contributed by atoms with E-state index in [-0.39, 0.29) is 6.04 Å². The molecule has 0 bridgehead atoms. The highest BCUT2D eigenvalue weighted by atomic mass is 35.5. The molecule has 0 radical (unpaired) electrons. The maximum absolute atomic E-state index is 6.17. The van der Waals surface area contributed by atoms with Crippen molar-refractivity contribution in [2.24, 2.45) is 0 Å². The van der Waals surface area contributed by atoms with Crippen LogP contribution in [0.2, 0.25) is 10.0 Å². The van der Waals surface area contributed by atoms with Gasteiger partial charge in [-0.1, -0.05) is 29.3 Å². The molecule has 0 saturated carbocycles. The summed E-state index contributed by atoms with van der Waals surface area (Å²) in [4.78, 5) is 0. The minimum Gasteiger partial charge on any atom is -0.497 e. The van der Waals surface area contributed by atoms with E-state index in [0.717, 1.165) is 30.6 Å². The van der Waals surface area contributed by atoms with Gasteiger partial charge in [-0.25, -0.2) is 0 Å². The first-order chi connectivity index (χ1) is 11.5. The third kappa shape index (κ3) is 3.49. The molecule has 128 valence electrons. The Hall–Kier alpha value is -1.42. The lowest BCUT2D eigenvalue weighted by Gasteiger charge is -2.30. The Morgan fingerprint density at radius 3 is 2.58 bits per heavy atom. The van der Waals surface area contributed by atoms with Gasteiger partial charge in [0.2, 0.25) is 0 Å². The van der Waals surface area contributed by atoms with Crippen LogP contribution < -0.4 is 15.8 Å². The smallest absolute Gasteiger partial charge is 0.119 e. The van der Waals surface area contributed by atoms with Gasteiger partial charge in [0.05, 0.1) is 22.8 Å². The zero-order chi connectivity index (χ0) is 17.3. The minimum absolute atomic E-state index is 0.124. The Bertz CT molecular complexity index is 725. The predicted octanol–water partition coefficient (Wildman–Crippen LogP) is 5.31. The molecule has 1 aliphatic carbocycles. The fourth-order valence-corrected chi connectivity index (χ4v) is 3.85. The van der Waals surface area contributed by atoms with Crippen LogP contribution in [0, 0.1) is 0 Å². The number of rotatable bonds is 4. The van der Waals surface area contributed by atoms with E-state index in [2.05, 4.69) is 24.4 Å². The van der Waals surface area contributed by atoms with Crippen molar-refractivity contribution in [3.63, 3.8) is 0 Å². The highest BCUT2D eigenvalue weighted by Crippen LogP contribution is 2.35. The average Bonchev–Trinajstić information content (AvgIpc) is 2.58. The number of ether oxygens (including phenoxy) is 1. The first-order valence-electron chi connectivity index (χ1n) is 8.17. The molecule has 0 amide bonds. The van der Waals surface area contributed by atoms with Gasteiger partial charge in [-0.2, -0.15) is 0 Å². The summed E-state index contributed by atoms with van der Waals surface area (Å²) in [6, 6.07) is 10.5. The van der Waals surface area contributed by atoms with Crippen LogP contribution >= 0.6 is 23.2 Å². The Balaban J connectivity index is 1.82. The zero-order valence-corrected chi connectivity index (χ0v) is 15.4. The number of nitrogens with one attached hydrogen (secondary N) is 1. The fourth-order valence-electron chi connectivity index (χ4n) is 3.34. The molecule has 3 nitrogen and oxygen atoms in total. The molecule has 3 rings (SSSR count). The van der Waals surface area contributed by atoms with Crippen LogP contribution in [-0.4, -0.2) is 7.11 Å². The van der Waals surface area contributed by atoms with E-state index in [4.69, 9.17) is 33.7 Å². The van der Waals surface area contributed by atoms with Crippen molar-refractivity contribution in [2.45, 2.75) is 38.3 Å². The quantitative estimate of drug-likeness (QED) is 0.722. The van der Waals surface area contributed by atoms with E-state index in [1.165, 1.54) is 11.1 Å². The number of fused-ring (bicyclic) bond motifs is 1. The highest BCUT2D eigenvalue weighted by molar-refractivity contribution is 6.38. The Morgan fingerprint density at radius 2 is 1.92 bits per heavy atom. The van der Waals surface area contributed by atoms with Crippen LogP contribution in [0.3, 0.4) is 0 Å². The topological polar surface area (TPSA) is 47.3 Å². The summed E-state index contributed by atoms with van der Waals surface area (Å²) in [5, 5.41) is 4.70. The van der Waals surface area contributed by atoms with Crippen LogP contribution in [0.5, 0.6) is 5.75 Å². The summed E-state index contributed by atoms with van der Waals surface area (Å²) in [6.07, 6.45) is 3.37. The van der Waals surface area contributed by atoms with Crippen LogP contribution in [0.25, 0.3) is 0 Å². The number of aryl methyl sites for hydroxylation is 1. The Morgan fingerprint density at radius 1 is 1.21 bits per heavy atom. The molecular formula is C19H22Cl2N2O. The van der Waals surface area contributed by atoms with Gasteiger partial charge in [0.15, 0.2) is 0 Å². The summed E-state index contributed by atoms with van der Waals surface area (Å²) < 4.78 is 5.34. The largest absolute Gasteiger partial charge is 0.497 e. The molecule has 0 fully saturated rings. The monoisotopic (exact) mass is 364 g/mol. The molecule has 0 spiro atoms. The molecule has 2 aromatic rings. The van der Waals surface area contributed by atoms with Crippen molar-refractivity contribution < 1.29 is 4.74 Å². The van der Waals surface area contributed by atoms with Gasteiger partial charge >= 0.3 is 0 Å². The van der Waals surface area contributed by atoms with Crippen molar-refractivity contribution in [3.8, 4) is 5.75 Å². The second-order valence-electron chi connectivity index (χ2n) is 6.30. The third-order valence-electron chi connectivity index (χ3n) is 4.72. The molecule has 0 heterocycles. The van der Waals surface area contributed by atoms with Gasteiger partial charge < -0.3 is 15.8 Å². The van der Waals surface area contributed by atoms with Gasteiger partial charge in [-0.15, -0.1) is 0 Å². The number of methoxy groups -OCH3 is 1. The lowest BCUT2D eigenvalue weighted by atomic mass is 9.87. The van der Waals surface area contributed by atoms with E-state index in [0.29, 0.717) is 21.8 Å². The lowest BCUT2D eigenvalue weighted by molar-refractivity contribution is 0.402. The highest BCUT2D eigenvalue weighted by Gasteiger charge is 2.23. The molecule has 1 aliphatic rings. The van der Waals surface area contributed by atoms with Gasteiger partial charge in [-0.05, 0) is 67.1 Å². The van der Waals surface area contributed by atoms with Crippen LogP contribution in [0.4, 0.5) is 5.69 Å². The lowest BCUT2D eigenvalue weighted by Crippen LogP contribution is -2.27. The molecule has 0 saturated heterocycles. The number of nitrogen functional groups attached to an aromatic ring is 1. The van der Waals surface area contributed by atoms with E-state index >= 15 is 0 Å². The summed E-state index contributed by atoms with van der Waals surface area (Å²) in [7, 11) is 1.71. The second kappa shape index (κ2) is 7.22. The van der Waals surface area contributed by atoms with Crippen LogP contribution in [-0.2, 0) is 6.42 Å². The van der Waals surface area contributed by atoms with E-state index in [1.54, 1.807) is 7.11 Å². The number of halogens is 2. The van der Waals surface area contributed by atoms with E-state index in [9.17, 15) is 0 Å². The normalized spacial score (nSPS) is 18.1. The van der Waals surface area contributed by atoms with Gasteiger partial charge in [-0.3, -0.25) is 0 Å². The average molecular weight is 365 g/mol. The Labute approximate surface area is 153 Å². The molecule has 5 heteroatoms. The summed E-state index contributed by atoms with van der Waals surface area (Å²) in [6.45, 7) is 2.12. The van der Waals surface area contributed by atoms with Crippen molar-refractivity contribution in [1.29, 1.82) is 0 Å². The molecule has 0 aliphatic heterocycles. The van der Waals surface area contributed by atoms with Gasteiger partial charge in [0, 0.05) is 12.1 Å². The second-order valence-corrected chi connectivity index (χ2v) is 7.11. The SMILES string of the molecule is COc1ccc2c(c1)CCC[C@@H]2N[C@H](C)c1cc(Cl)c(N)c(Cl)c1. The molecule has 0 unspecified atom stereocenters. The number of hydrogen-bond acceptors (Lipinski definition) is 3. The molecule has 2 aromatic carbocycles. The molecule has 0 aromatic heterocycles. The number of anilines is 1. The van der Waals surface area contributed by atoms with Gasteiger partial charge in [0.25, 0.3) is 0 Å². The van der Waals surface area contributed by atoms with Gasteiger partial charge in [0.1, 0.15) is 5.75 Å². The molecule has 2 atom stereocenters. The number of benzene rings is 2. The van der Waals surface area contributed by atoms with Crippen molar-refractivity contribution in [1.82, 2.24) is 5.32 Å². The molecule has 24 heavy (non-hydrogen) atoms. The van der Waals surface area contributed by atoms with E-state index < -0.39 is 0 Å². The summed E-state index contributed by atoms with van der Waals surface area (Å²) >= 11 is 12.3. The standard InChI is InChI=1S/C19H22Cl2N2O/c1-11(13-9-16(20)19(22)17(21)10-13)23-18-5-3-4-12-8-14(24-2)6-7-15(12)18/h6-11,18,23H,3-5,22H2,1-2H3/t11-,18+/m1/s1. The minimum atomic E-state index is 0.124. The molecule has 3 N–H and O–H groups in total. The van der Waals surface area contributed by atoms with Crippen molar-refractivity contribution in [2.75, 3.05) is 12.8 Å². The first-order valence-corrected chi connectivity index (χ1v) is 8.92. The predicted molar refractivity (Wildman–Crippen MR) is 101 cm³/mol. The fraction of sp³-hybridized carbons (Fsp3) is 0.368. The Kier molecular flexibility index (Phi) is 5.24. The summed E-state index contributed by atoms with van der Waals surface area (Å²) in [5.74, 6) is 0.916. The van der Waals surface area contributed by atoms with Crippen molar-refractivity contribution in [3.05, 3.63) is 57.1 Å².